The minimum absolute atomic E-state index is 0.120. The molecule has 0 radical (unpaired) electrons. The first-order valence-corrected chi connectivity index (χ1v) is 11.8. The molecule has 2 aromatic rings. The second kappa shape index (κ2) is 8.11. The molecule has 31 heavy (non-hydrogen) atoms. The molecule has 3 aliphatic rings. The third-order valence-electron chi connectivity index (χ3n) is 7.52. The number of aromatic nitrogens is 1. The zero-order valence-corrected chi connectivity index (χ0v) is 18.7. The van der Waals surface area contributed by atoms with Gasteiger partial charge in [0.15, 0.2) is 6.35 Å². The van der Waals surface area contributed by atoms with Crippen LogP contribution in [0.4, 0.5) is 5.69 Å². The van der Waals surface area contributed by atoms with E-state index in [9.17, 15) is 9.90 Å². The highest BCUT2D eigenvalue weighted by atomic mass is 16.3. The molecule has 1 spiro atoms. The van der Waals surface area contributed by atoms with Crippen LogP contribution in [-0.4, -0.2) is 66.1 Å². The normalized spacial score (nSPS) is 23.9. The van der Waals surface area contributed by atoms with Crippen LogP contribution < -0.4 is 15.5 Å². The Kier molecular flexibility index (Phi) is 5.44. The molecule has 3 N–H and O–H groups in total. The number of hydrogen-bond acceptors (Lipinski definition) is 5. The van der Waals surface area contributed by atoms with Gasteiger partial charge in [-0.2, -0.15) is 0 Å². The van der Waals surface area contributed by atoms with Crippen molar-refractivity contribution in [3.05, 3.63) is 30.0 Å². The molecule has 1 aromatic heterocycles. The van der Waals surface area contributed by atoms with Crippen LogP contribution >= 0.6 is 0 Å². The summed E-state index contributed by atoms with van der Waals surface area (Å²) in [5, 5.41) is 18.3. The van der Waals surface area contributed by atoms with Crippen LogP contribution in [0.15, 0.2) is 24.4 Å². The molecule has 0 aliphatic carbocycles. The van der Waals surface area contributed by atoms with Crippen molar-refractivity contribution < 1.29 is 9.90 Å². The molecule has 1 amide bonds. The lowest BCUT2D eigenvalue weighted by atomic mass is 9.78. The first-order valence-electron chi connectivity index (χ1n) is 11.8. The van der Waals surface area contributed by atoms with E-state index < -0.39 is 6.35 Å². The second-order valence-corrected chi connectivity index (χ2v) is 9.85. The van der Waals surface area contributed by atoms with E-state index in [1.54, 1.807) is 0 Å². The van der Waals surface area contributed by atoms with Crippen LogP contribution in [0.5, 0.6) is 0 Å². The SMILES string of the molecule is CC(C)n1ccc2c(N3CCCNC3O)cc(C(=O)N3CCC4(CCNCC4)C3)cc21. The van der Waals surface area contributed by atoms with E-state index in [1.165, 1.54) is 0 Å². The molecule has 3 saturated heterocycles. The number of hydrogen-bond donors (Lipinski definition) is 3. The number of carbonyl (C=O) groups excluding carboxylic acids is 1. The van der Waals surface area contributed by atoms with Crippen LogP contribution in [-0.2, 0) is 0 Å². The molecule has 4 heterocycles. The van der Waals surface area contributed by atoms with Crippen LogP contribution in [0.25, 0.3) is 10.9 Å². The Morgan fingerprint density at radius 3 is 2.71 bits per heavy atom. The van der Waals surface area contributed by atoms with Crippen LogP contribution in [0, 0.1) is 5.41 Å². The smallest absolute Gasteiger partial charge is 0.254 e. The summed E-state index contributed by atoms with van der Waals surface area (Å²) in [5.74, 6) is 0.120. The maximum absolute atomic E-state index is 13.6. The van der Waals surface area contributed by atoms with Gasteiger partial charge in [0, 0.05) is 55.1 Å². The van der Waals surface area contributed by atoms with Gasteiger partial charge in [-0.15, -0.1) is 0 Å². The van der Waals surface area contributed by atoms with Crippen molar-refractivity contribution in [3.8, 4) is 0 Å². The summed E-state index contributed by atoms with van der Waals surface area (Å²) < 4.78 is 2.22. The average Bonchev–Trinajstić information content (AvgIpc) is 3.38. The van der Waals surface area contributed by atoms with Gasteiger partial charge in [0.1, 0.15) is 0 Å². The van der Waals surface area contributed by atoms with Gasteiger partial charge in [-0.05, 0) is 76.2 Å². The Bertz CT molecular complexity index is 962. The quantitative estimate of drug-likeness (QED) is 0.705. The van der Waals surface area contributed by atoms with Gasteiger partial charge in [0.2, 0.25) is 0 Å². The molecule has 7 heteroatoms. The van der Waals surface area contributed by atoms with E-state index in [0.717, 1.165) is 87.1 Å². The third-order valence-corrected chi connectivity index (χ3v) is 7.52. The van der Waals surface area contributed by atoms with Crippen molar-refractivity contribution in [2.45, 2.75) is 51.9 Å². The minimum Gasteiger partial charge on any atom is -0.361 e. The standard InChI is InChI=1S/C24H35N5O2/c1-17(2)28-12-4-19-20(28)14-18(15-21(19)29-11-3-8-26-23(29)31)22(30)27-13-7-24(16-27)5-9-25-10-6-24/h4,12,14-15,17,23,25-26,31H,3,5-11,13,16H2,1-2H3. The maximum Gasteiger partial charge on any atom is 0.254 e. The lowest BCUT2D eigenvalue weighted by Crippen LogP contribution is -2.51. The van der Waals surface area contributed by atoms with E-state index in [4.69, 9.17) is 0 Å². The van der Waals surface area contributed by atoms with Gasteiger partial charge in [-0.1, -0.05) is 0 Å². The molecule has 1 unspecified atom stereocenters. The number of carbonyl (C=O) groups is 1. The fourth-order valence-electron chi connectivity index (χ4n) is 5.68. The summed E-state index contributed by atoms with van der Waals surface area (Å²) in [7, 11) is 0. The number of piperidine rings is 1. The zero-order chi connectivity index (χ0) is 21.6. The summed E-state index contributed by atoms with van der Waals surface area (Å²) in [6.07, 6.45) is 5.74. The Morgan fingerprint density at radius 2 is 1.97 bits per heavy atom. The minimum atomic E-state index is -0.727. The predicted octanol–water partition coefficient (Wildman–Crippen LogP) is 2.51. The first kappa shape index (κ1) is 20.8. The Labute approximate surface area is 184 Å². The molecule has 1 aromatic carbocycles. The number of anilines is 1. The number of likely N-dealkylation sites (tertiary alicyclic amines) is 1. The topological polar surface area (TPSA) is 72.8 Å². The average molecular weight is 426 g/mol. The fourth-order valence-corrected chi connectivity index (χ4v) is 5.68. The summed E-state index contributed by atoms with van der Waals surface area (Å²) in [6, 6.07) is 6.46. The first-order chi connectivity index (χ1) is 15.0. The van der Waals surface area contributed by atoms with Crippen molar-refractivity contribution in [1.82, 2.24) is 20.1 Å². The van der Waals surface area contributed by atoms with Crippen molar-refractivity contribution in [3.63, 3.8) is 0 Å². The largest absolute Gasteiger partial charge is 0.361 e. The van der Waals surface area contributed by atoms with Gasteiger partial charge in [0.25, 0.3) is 5.91 Å². The third kappa shape index (κ3) is 3.73. The van der Waals surface area contributed by atoms with Crippen molar-refractivity contribution in [2.24, 2.45) is 5.41 Å². The molecule has 7 nitrogen and oxygen atoms in total. The van der Waals surface area contributed by atoms with Crippen LogP contribution in [0.1, 0.15) is 55.9 Å². The molecule has 0 bridgehead atoms. The van der Waals surface area contributed by atoms with Gasteiger partial charge >= 0.3 is 0 Å². The molecule has 3 aliphatic heterocycles. The Balaban J connectivity index is 1.52. The zero-order valence-electron chi connectivity index (χ0n) is 18.7. The van der Waals surface area contributed by atoms with Gasteiger partial charge in [-0.3, -0.25) is 10.1 Å². The molecular formula is C24H35N5O2. The Hall–Kier alpha value is -2.09. The van der Waals surface area contributed by atoms with Gasteiger partial charge in [0.05, 0.1) is 5.52 Å². The van der Waals surface area contributed by atoms with E-state index in [-0.39, 0.29) is 5.91 Å². The monoisotopic (exact) mass is 425 g/mol. The Morgan fingerprint density at radius 1 is 1.16 bits per heavy atom. The number of rotatable bonds is 3. The summed E-state index contributed by atoms with van der Waals surface area (Å²) in [5.41, 5.74) is 3.02. The van der Waals surface area contributed by atoms with Crippen LogP contribution in [0.2, 0.25) is 0 Å². The van der Waals surface area contributed by atoms with E-state index >= 15 is 0 Å². The number of nitrogens with one attached hydrogen (secondary N) is 2. The van der Waals surface area contributed by atoms with Crippen molar-refractivity contribution in [1.29, 1.82) is 0 Å². The number of fused-ring (bicyclic) bond motifs is 1. The summed E-state index contributed by atoms with van der Waals surface area (Å²) in [4.78, 5) is 17.7. The van der Waals surface area contributed by atoms with Crippen LogP contribution in [0.3, 0.4) is 0 Å². The molecule has 3 fully saturated rings. The lowest BCUT2D eigenvalue weighted by molar-refractivity contribution is 0.0761. The van der Waals surface area contributed by atoms with E-state index in [2.05, 4.69) is 52.3 Å². The summed E-state index contributed by atoms with van der Waals surface area (Å²) >= 11 is 0. The number of aliphatic hydroxyl groups is 1. The highest BCUT2D eigenvalue weighted by Gasteiger charge is 2.41. The molecule has 5 rings (SSSR count). The second-order valence-electron chi connectivity index (χ2n) is 9.85. The predicted molar refractivity (Wildman–Crippen MR) is 123 cm³/mol. The van der Waals surface area contributed by atoms with Crippen molar-refractivity contribution >= 4 is 22.5 Å². The molecular weight excluding hydrogens is 390 g/mol. The van der Waals surface area contributed by atoms with E-state index in [1.807, 2.05) is 11.0 Å². The number of amides is 1. The van der Waals surface area contributed by atoms with Crippen molar-refractivity contribution in [2.75, 3.05) is 44.2 Å². The van der Waals surface area contributed by atoms with Gasteiger partial charge < -0.3 is 24.8 Å². The molecule has 168 valence electrons. The summed E-state index contributed by atoms with van der Waals surface area (Å²) in [6.45, 7) is 9.70. The van der Waals surface area contributed by atoms with E-state index in [0.29, 0.717) is 11.5 Å². The van der Waals surface area contributed by atoms with Gasteiger partial charge in [-0.25, -0.2) is 0 Å². The lowest BCUT2D eigenvalue weighted by Gasteiger charge is -2.35. The fraction of sp³-hybridized carbons (Fsp3) is 0.625. The molecule has 0 saturated carbocycles. The maximum atomic E-state index is 13.6. The number of aliphatic hydroxyl groups excluding tert-OH is 1. The molecule has 1 atom stereocenters. The number of nitrogens with zero attached hydrogens (tertiary/aromatic N) is 3. The highest BCUT2D eigenvalue weighted by molar-refractivity contribution is 6.03. The highest BCUT2D eigenvalue weighted by Crippen LogP contribution is 2.40. The number of benzene rings is 1.